The minimum absolute atomic E-state index is 0.886. The molecule has 1 aliphatic heterocycles. The Bertz CT molecular complexity index is 776. The summed E-state index contributed by atoms with van der Waals surface area (Å²) < 4.78 is 2.07. The summed E-state index contributed by atoms with van der Waals surface area (Å²) in [6.07, 6.45) is 2.14. The molecule has 0 radical (unpaired) electrons. The lowest BCUT2D eigenvalue weighted by molar-refractivity contribution is 0.255. The normalized spacial score (nSPS) is 15.4. The van der Waals surface area contributed by atoms with Crippen LogP contribution >= 0.6 is 0 Å². The molecule has 0 bridgehead atoms. The Hall–Kier alpha value is -2.54. The number of rotatable bonds is 9. The molecule has 30 heavy (non-hydrogen) atoms. The SMILES string of the molecule is CN=C(NCCCN1CCN(c2ccccc2)CC1)NCCCn1nc(C)cc1C. The van der Waals surface area contributed by atoms with Crippen LogP contribution in [0.5, 0.6) is 0 Å². The van der Waals surface area contributed by atoms with Crippen molar-refractivity contribution in [2.75, 3.05) is 57.8 Å². The van der Waals surface area contributed by atoms with Gasteiger partial charge in [0.2, 0.25) is 0 Å². The van der Waals surface area contributed by atoms with Crippen molar-refractivity contribution in [3.8, 4) is 0 Å². The highest BCUT2D eigenvalue weighted by Crippen LogP contribution is 2.15. The van der Waals surface area contributed by atoms with Gasteiger partial charge < -0.3 is 15.5 Å². The minimum atomic E-state index is 0.886. The van der Waals surface area contributed by atoms with E-state index in [1.165, 1.54) is 11.4 Å². The summed E-state index contributed by atoms with van der Waals surface area (Å²) in [6, 6.07) is 12.8. The summed E-state index contributed by atoms with van der Waals surface area (Å²) in [4.78, 5) is 9.37. The molecule has 0 amide bonds. The number of aryl methyl sites for hydroxylation is 3. The van der Waals surface area contributed by atoms with Crippen molar-refractivity contribution in [3.05, 3.63) is 47.8 Å². The first-order chi connectivity index (χ1) is 14.7. The van der Waals surface area contributed by atoms with Crippen molar-refractivity contribution < 1.29 is 0 Å². The number of anilines is 1. The van der Waals surface area contributed by atoms with Crippen molar-refractivity contribution in [1.82, 2.24) is 25.3 Å². The van der Waals surface area contributed by atoms with Gasteiger partial charge in [-0.1, -0.05) is 18.2 Å². The van der Waals surface area contributed by atoms with E-state index in [-0.39, 0.29) is 0 Å². The highest BCUT2D eigenvalue weighted by Gasteiger charge is 2.16. The Balaban J connectivity index is 1.25. The number of hydrogen-bond acceptors (Lipinski definition) is 4. The minimum Gasteiger partial charge on any atom is -0.369 e. The van der Waals surface area contributed by atoms with Gasteiger partial charge in [-0.3, -0.25) is 14.6 Å². The summed E-state index contributed by atoms with van der Waals surface area (Å²) in [5.74, 6) is 0.886. The average Bonchev–Trinajstić information content (AvgIpc) is 3.10. The maximum atomic E-state index is 4.51. The first-order valence-electron chi connectivity index (χ1n) is 11.1. The molecular weight excluding hydrogens is 374 g/mol. The molecule has 0 saturated carbocycles. The number of para-hydroxylation sites is 1. The zero-order valence-corrected chi connectivity index (χ0v) is 18.8. The van der Waals surface area contributed by atoms with Gasteiger partial charge in [-0.2, -0.15) is 5.10 Å². The summed E-state index contributed by atoms with van der Waals surface area (Å²) in [7, 11) is 1.83. The second-order valence-corrected chi connectivity index (χ2v) is 7.95. The van der Waals surface area contributed by atoms with Crippen LogP contribution in [0.2, 0.25) is 0 Å². The molecular formula is C23H37N7. The van der Waals surface area contributed by atoms with E-state index in [0.717, 1.165) is 76.9 Å². The van der Waals surface area contributed by atoms with Crippen molar-refractivity contribution in [2.45, 2.75) is 33.2 Å². The first kappa shape index (κ1) is 22.2. The summed E-state index contributed by atoms with van der Waals surface area (Å²) in [5, 5.41) is 11.4. The Labute approximate surface area is 181 Å². The number of aliphatic imine (C=N–C) groups is 1. The highest BCUT2D eigenvalue weighted by molar-refractivity contribution is 5.79. The van der Waals surface area contributed by atoms with E-state index in [2.05, 4.69) is 78.5 Å². The summed E-state index contributed by atoms with van der Waals surface area (Å²) >= 11 is 0. The molecule has 2 aromatic rings. The number of benzene rings is 1. The largest absolute Gasteiger partial charge is 0.369 e. The molecule has 164 valence electrons. The Morgan fingerprint density at radius 3 is 2.23 bits per heavy atom. The van der Waals surface area contributed by atoms with Crippen molar-refractivity contribution in [1.29, 1.82) is 0 Å². The van der Waals surface area contributed by atoms with E-state index in [9.17, 15) is 0 Å². The van der Waals surface area contributed by atoms with Gasteiger partial charge >= 0.3 is 0 Å². The zero-order valence-electron chi connectivity index (χ0n) is 18.8. The van der Waals surface area contributed by atoms with Crippen LogP contribution in [-0.2, 0) is 6.54 Å². The molecule has 1 aromatic carbocycles. The first-order valence-corrected chi connectivity index (χ1v) is 11.1. The molecule has 1 saturated heterocycles. The number of guanidine groups is 1. The van der Waals surface area contributed by atoms with E-state index < -0.39 is 0 Å². The highest BCUT2D eigenvalue weighted by atomic mass is 15.3. The monoisotopic (exact) mass is 411 g/mol. The lowest BCUT2D eigenvalue weighted by Crippen LogP contribution is -2.47. The number of nitrogens with one attached hydrogen (secondary N) is 2. The van der Waals surface area contributed by atoms with Crippen molar-refractivity contribution >= 4 is 11.6 Å². The van der Waals surface area contributed by atoms with Gasteiger partial charge in [0.15, 0.2) is 5.96 Å². The van der Waals surface area contributed by atoms with Crippen LogP contribution in [0.15, 0.2) is 41.4 Å². The van der Waals surface area contributed by atoms with Gasteiger partial charge in [0.05, 0.1) is 5.69 Å². The van der Waals surface area contributed by atoms with E-state index in [1.807, 2.05) is 14.0 Å². The van der Waals surface area contributed by atoms with E-state index in [0.29, 0.717) is 0 Å². The van der Waals surface area contributed by atoms with Crippen LogP contribution in [0, 0.1) is 13.8 Å². The third kappa shape index (κ3) is 6.76. The fourth-order valence-electron chi connectivity index (χ4n) is 3.94. The molecule has 0 spiro atoms. The van der Waals surface area contributed by atoms with Gasteiger partial charge in [-0.05, 0) is 51.4 Å². The van der Waals surface area contributed by atoms with Crippen LogP contribution < -0.4 is 15.5 Å². The molecule has 7 heteroatoms. The lowest BCUT2D eigenvalue weighted by atomic mass is 10.2. The average molecular weight is 412 g/mol. The van der Waals surface area contributed by atoms with Gasteiger partial charge in [-0.25, -0.2) is 0 Å². The third-order valence-electron chi connectivity index (χ3n) is 5.60. The van der Waals surface area contributed by atoms with Crippen LogP contribution in [0.3, 0.4) is 0 Å². The molecule has 1 aromatic heterocycles. The molecule has 0 atom stereocenters. The predicted octanol–water partition coefficient (Wildman–Crippen LogP) is 2.27. The number of hydrogen-bond donors (Lipinski definition) is 2. The molecule has 0 aliphatic carbocycles. The van der Waals surface area contributed by atoms with Gasteiger partial charge in [0, 0.05) is 64.2 Å². The van der Waals surface area contributed by atoms with Gasteiger partial charge in [-0.15, -0.1) is 0 Å². The third-order valence-corrected chi connectivity index (χ3v) is 5.60. The second kappa shape index (κ2) is 11.6. The Morgan fingerprint density at radius 1 is 0.967 bits per heavy atom. The maximum absolute atomic E-state index is 4.51. The van der Waals surface area contributed by atoms with Gasteiger partial charge in [0.1, 0.15) is 0 Å². The molecule has 0 unspecified atom stereocenters. The molecule has 1 fully saturated rings. The zero-order chi connectivity index (χ0) is 21.2. The van der Waals surface area contributed by atoms with Crippen LogP contribution in [-0.4, -0.2) is 73.5 Å². The summed E-state index contributed by atoms with van der Waals surface area (Å²) in [6.45, 7) is 12.5. The summed E-state index contributed by atoms with van der Waals surface area (Å²) in [5.41, 5.74) is 3.64. The number of nitrogens with zero attached hydrogens (tertiary/aromatic N) is 5. The standard InChI is InChI=1S/C23H37N7/c1-20-19-21(2)30(27-20)14-8-12-26-23(24-3)25-11-7-13-28-15-17-29(18-16-28)22-9-5-4-6-10-22/h4-6,9-10,19H,7-8,11-18H2,1-3H3,(H2,24,25,26). The second-order valence-electron chi connectivity index (χ2n) is 7.95. The van der Waals surface area contributed by atoms with Crippen molar-refractivity contribution in [2.24, 2.45) is 4.99 Å². The fraction of sp³-hybridized carbons (Fsp3) is 0.565. The Kier molecular flexibility index (Phi) is 8.56. The quantitative estimate of drug-likeness (QED) is 0.377. The van der Waals surface area contributed by atoms with Crippen LogP contribution in [0.25, 0.3) is 0 Å². The van der Waals surface area contributed by atoms with Crippen LogP contribution in [0.1, 0.15) is 24.2 Å². The van der Waals surface area contributed by atoms with E-state index >= 15 is 0 Å². The maximum Gasteiger partial charge on any atom is 0.190 e. The topological polar surface area (TPSA) is 60.7 Å². The molecule has 2 heterocycles. The number of aromatic nitrogens is 2. The van der Waals surface area contributed by atoms with E-state index in [4.69, 9.17) is 0 Å². The van der Waals surface area contributed by atoms with Crippen molar-refractivity contribution in [3.63, 3.8) is 0 Å². The van der Waals surface area contributed by atoms with Gasteiger partial charge in [0.25, 0.3) is 0 Å². The lowest BCUT2D eigenvalue weighted by Gasteiger charge is -2.36. The molecule has 3 rings (SSSR count). The molecule has 2 N–H and O–H groups in total. The van der Waals surface area contributed by atoms with Crippen LogP contribution in [0.4, 0.5) is 5.69 Å². The predicted molar refractivity (Wildman–Crippen MR) is 125 cm³/mol. The smallest absolute Gasteiger partial charge is 0.190 e. The molecule has 1 aliphatic rings. The Morgan fingerprint density at radius 2 is 1.63 bits per heavy atom. The number of piperazine rings is 1. The molecule has 7 nitrogen and oxygen atoms in total. The fourth-order valence-corrected chi connectivity index (χ4v) is 3.94. The van der Waals surface area contributed by atoms with E-state index in [1.54, 1.807) is 0 Å².